The van der Waals surface area contributed by atoms with E-state index in [-0.39, 0.29) is 11.8 Å². The third-order valence-electron chi connectivity index (χ3n) is 8.63. The molecule has 4 aromatic rings. The zero-order valence-electron chi connectivity index (χ0n) is 23.3. The van der Waals surface area contributed by atoms with Gasteiger partial charge in [-0.2, -0.15) is 0 Å². The smallest absolute Gasteiger partial charge is 0.195 e. The van der Waals surface area contributed by atoms with Gasteiger partial charge in [-0.05, 0) is 77.6 Å². The fourth-order valence-corrected chi connectivity index (χ4v) is 6.70. The predicted molar refractivity (Wildman–Crippen MR) is 163 cm³/mol. The number of ketones is 1. The zero-order chi connectivity index (χ0) is 29.4. The van der Waals surface area contributed by atoms with E-state index < -0.39 is 28.8 Å². The van der Waals surface area contributed by atoms with Crippen molar-refractivity contribution in [2.45, 2.75) is 50.9 Å². The molecular weight excluding hydrogens is 553 g/mol. The molecule has 4 aromatic carbocycles. The first-order valence-electron chi connectivity index (χ1n) is 14.4. The van der Waals surface area contributed by atoms with Gasteiger partial charge in [0.05, 0.1) is 5.56 Å². The van der Waals surface area contributed by atoms with Gasteiger partial charge in [0.25, 0.3) is 0 Å². The van der Waals surface area contributed by atoms with Crippen molar-refractivity contribution >= 4 is 23.5 Å². The van der Waals surface area contributed by atoms with Crippen LogP contribution in [0.4, 0.5) is 13.2 Å². The normalized spacial score (nSPS) is 17.6. The summed E-state index contributed by atoms with van der Waals surface area (Å²) in [5.74, 6) is -4.71. The number of halogens is 4. The van der Waals surface area contributed by atoms with Crippen LogP contribution in [0.25, 0.3) is 6.08 Å². The summed E-state index contributed by atoms with van der Waals surface area (Å²) >= 11 is 6.13. The molecule has 2 aliphatic carbocycles. The summed E-state index contributed by atoms with van der Waals surface area (Å²) in [5, 5.41) is 0.602. The first kappa shape index (κ1) is 28.2. The summed E-state index contributed by atoms with van der Waals surface area (Å²) in [5.41, 5.74) is 7.92. The van der Waals surface area contributed by atoms with Gasteiger partial charge in [-0.25, -0.2) is 13.2 Å². The number of Topliss-reactive ketones (excluding diaryl/α,β-unsaturated/α-hetero) is 1. The van der Waals surface area contributed by atoms with Crippen LogP contribution in [0.3, 0.4) is 0 Å². The third kappa shape index (κ3) is 5.48. The standard InChI is InChI=1S/C37H30ClF3O/c1-2-23-8-5-9-31(30(23)15-10-22-16-25-6-3-4-7-26(25)17-22)32-18-27(24-11-13-28(38)14-12-24)19-33(32)37(42)36-34(40)20-29(39)21-35(36)41/h3-9,11-14,16,19-21,27,32H,2,10,15,17-18H2,1H3. The highest BCUT2D eigenvalue weighted by atomic mass is 35.5. The molecule has 0 N–H and O–H groups in total. The fraction of sp³-hybridized carbons (Fsp3) is 0.216. The molecule has 5 heteroatoms. The lowest BCUT2D eigenvalue weighted by Crippen LogP contribution is -2.15. The molecule has 0 bridgehead atoms. The second-order valence-corrected chi connectivity index (χ2v) is 11.6. The van der Waals surface area contributed by atoms with Gasteiger partial charge in [0.1, 0.15) is 17.5 Å². The van der Waals surface area contributed by atoms with Gasteiger partial charge in [0.15, 0.2) is 5.78 Å². The Balaban J connectivity index is 1.39. The van der Waals surface area contributed by atoms with Gasteiger partial charge in [-0.15, -0.1) is 0 Å². The third-order valence-corrected chi connectivity index (χ3v) is 8.89. The second-order valence-electron chi connectivity index (χ2n) is 11.2. The van der Waals surface area contributed by atoms with Gasteiger partial charge < -0.3 is 0 Å². The molecule has 2 unspecified atom stereocenters. The summed E-state index contributed by atoms with van der Waals surface area (Å²) in [6.45, 7) is 2.11. The molecule has 2 atom stereocenters. The Kier molecular flexibility index (Phi) is 7.92. The van der Waals surface area contributed by atoms with E-state index in [0.717, 1.165) is 36.8 Å². The molecule has 0 aliphatic heterocycles. The van der Waals surface area contributed by atoms with Crippen LogP contribution in [0.1, 0.15) is 75.3 Å². The van der Waals surface area contributed by atoms with Crippen LogP contribution in [0.2, 0.25) is 5.02 Å². The molecule has 6 rings (SSSR count). The van der Waals surface area contributed by atoms with Crippen molar-refractivity contribution in [2.24, 2.45) is 0 Å². The van der Waals surface area contributed by atoms with E-state index in [9.17, 15) is 18.0 Å². The van der Waals surface area contributed by atoms with Crippen LogP contribution in [-0.2, 0) is 19.3 Å². The summed E-state index contributed by atoms with van der Waals surface area (Å²) in [6.07, 6.45) is 8.09. The molecule has 2 aliphatic rings. The molecule has 0 spiro atoms. The zero-order valence-corrected chi connectivity index (χ0v) is 24.0. The van der Waals surface area contributed by atoms with E-state index in [1.54, 1.807) is 12.1 Å². The van der Waals surface area contributed by atoms with E-state index in [1.165, 1.54) is 27.8 Å². The summed E-state index contributed by atoms with van der Waals surface area (Å²) in [7, 11) is 0. The van der Waals surface area contributed by atoms with E-state index in [4.69, 9.17) is 11.6 Å². The molecule has 0 heterocycles. The lowest BCUT2D eigenvalue weighted by atomic mass is 9.81. The number of carbonyl (C=O) groups is 1. The van der Waals surface area contributed by atoms with Gasteiger partial charge in [0, 0.05) is 34.6 Å². The first-order valence-corrected chi connectivity index (χ1v) is 14.7. The van der Waals surface area contributed by atoms with Crippen LogP contribution in [0, 0.1) is 17.5 Å². The van der Waals surface area contributed by atoms with Crippen molar-refractivity contribution in [1.82, 2.24) is 0 Å². The second kappa shape index (κ2) is 11.8. The number of aryl methyl sites for hydroxylation is 1. The highest BCUT2D eigenvalue weighted by Gasteiger charge is 2.36. The first-order chi connectivity index (χ1) is 20.3. The van der Waals surface area contributed by atoms with E-state index in [2.05, 4.69) is 43.3 Å². The molecule has 0 aromatic heterocycles. The van der Waals surface area contributed by atoms with Crippen molar-refractivity contribution in [3.05, 3.63) is 158 Å². The number of rotatable bonds is 8. The maximum atomic E-state index is 14.9. The fourth-order valence-electron chi connectivity index (χ4n) is 6.57. The monoisotopic (exact) mass is 582 g/mol. The minimum Gasteiger partial charge on any atom is -0.289 e. The van der Waals surface area contributed by atoms with Crippen molar-refractivity contribution < 1.29 is 18.0 Å². The Morgan fingerprint density at radius 3 is 2.36 bits per heavy atom. The molecule has 0 amide bonds. The van der Waals surface area contributed by atoms with Gasteiger partial charge in [-0.3, -0.25) is 4.79 Å². The van der Waals surface area contributed by atoms with Crippen molar-refractivity contribution in [2.75, 3.05) is 0 Å². The van der Waals surface area contributed by atoms with Gasteiger partial charge >= 0.3 is 0 Å². The number of benzene rings is 4. The van der Waals surface area contributed by atoms with Crippen molar-refractivity contribution in [3.8, 4) is 0 Å². The van der Waals surface area contributed by atoms with Crippen molar-refractivity contribution in [3.63, 3.8) is 0 Å². The van der Waals surface area contributed by atoms with Crippen LogP contribution >= 0.6 is 11.6 Å². The number of allylic oxidation sites excluding steroid dienone is 3. The van der Waals surface area contributed by atoms with Gasteiger partial charge in [0.2, 0.25) is 0 Å². The summed E-state index contributed by atoms with van der Waals surface area (Å²) in [4.78, 5) is 13.9. The van der Waals surface area contributed by atoms with E-state index >= 15 is 0 Å². The highest BCUT2D eigenvalue weighted by Crippen LogP contribution is 2.46. The Morgan fingerprint density at radius 2 is 1.64 bits per heavy atom. The molecule has 212 valence electrons. The Hall–Kier alpha value is -3.89. The lowest BCUT2D eigenvalue weighted by Gasteiger charge is -2.22. The molecule has 0 saturated heterocycles. The Labute approximate surface area is 249 Å². The predicted octanol–water partition coefficient (Wildman–Crippen LogP) is 9.97. The van der Waals surface area contributed by atoms with Gasteiger partial charge in [-0.1, -0.05) is 90.8 Å². The number of hydrogen-bond acceptors (Lipinski definition) is 1. The summed E-state index contributed by atoms with van der Waals surface area (Å²) in [6, 6.07) is 23.1. The lowest BCUT2D eigenvalue weighted by molar-refractivity contribution is 0.102. The maximum absolute atomic E-state index is 14.9. The topological polar surface area (TPSA) is 17.1 Å². The average molecular weight is 583 g/mol. The largest absolute Gasteiger partial charge is 0.289 e. The van der Waals surface area contributed by atoms with Crippen LogP contribution in [0.5, 0.6) is 0 Å². The average Bonchev–Trinajstić information content (AvgIpc) is 3.60. The van der Waals surface area contributed by atoms with Crippen LogP contribution in [-0.4, -0.2) is 5.78 Å². The number of hydrogen-bond donors (Lipinski definition) is 0. The summed E-state index contributed by atoms with van der Waals surface area (Å²) < 4.78 is 43.4. The minimum atomic E-state index is -1.19. The minimum absolute atomic E-state index is 0.150. The Morgan fingerprint density at radius 1 is 0.905 bits per heavy atom. The molecular formula is C37H30ClF3O. The molecule has 0 fully saturated rings. The van der Waals surface area contributed by atoms with E-state index in [0.29, 0.717) is 29.1 Å². The van der Waals surface area contributed by atoms with Crippen LogP contribution < -0.4 is 0 Å². The molecule has 42 heavy (non-hydrogen) atoms. The quantitative estimate of drug-likeness (QED) is 0.189. The van der Waals surface area contributed by atoms with Crippen LogP contribution in [0.15, 0.2) is 96.1 Å². The Bertz CT molecular complexity index is 1710. The number of fused-ring (bicyclic) bond motifs is 1. The SMILES string of the molecule is CCc1cccc(C2CC(c3ccc(Cl)cc3)C=C2C(=O)c2c(F)cc(F)cc2F)c1CCC1=Cc2ccccc2C1. The number of carbonyl (C=O) groups excluding carboxylic acids is 1. The van der Waals surface area contributed by atoms with E-state index in [1.807, 2.05) is 30.3 Å². The van der Waals surface area contributed by atoms with Crippen molar-refractivity contribution in [1.29, 1.82) is 0 Å². The molecule has 0 radical (unpaired) electrons. The maximum Gasteiger partial charge on any atom is 0.195 e. The highest BCUT2D eigenvalue weighted by molar-refractivity contribution is 6.30. The molecule has 0 saturated carbocycles. The molecule has 1 nitrogen and oxygen atoms in total.